The molecule has 1 amide bonds. The van der Waals surface area contributed by atoms with Crippen LogP contribution < -0.4 is 14.4 Å². The Kier molecular flexibility index (Phi) is 8.82. The molecule has 0 saturated heterocycles. The van der Waals surface area contributed by atoms with E-state index < -0.39 is 0 Å². The number of carbonyl (C=O) groups excluding carboxylic acids is 1. The van der Waals surface area contributed by atoms with Crippen LogP contribution in [0.15, 0.2) is 42.7 Å². The highest BCUT2D eigenvalue weighted by Gasteiger charge is 2.33. The summed E-state index contributed by atoms with van der Waals surface area (Å²) in [7, 11) is 3.33. The standard InChI is InChI=1S/C31H39N3O4S/c1-20-16-24(10-13-27(20)37-2)22-6-4-21(5-7-22)19-34(30(36)23-8-11-26(35)12-9-23)29-17-25(14-15-32-29)28-18-33-31(38-3)39-28/h10,13-18,21-23,26,35H,4-9,11-12,19H2,1-3H3. The van der Waals surface area contributed by atoms with Gasteiger partial charge in [-0.25, -0.2) is 9.97 Å². The zero-order valence-electron chi connectivity index (χ0n) is 23.1. The molecular weight excluding hydrogens is 510 g/mol. The average Bonchev–Trinajstić information content (AvgIpc) is 3.46. The summed E-state index contributed by atoms with van der Waals surface area (Å²) in [5, 5.41) is 10.6. The lowest BCUT2D eigenvalue weighted by Gasteiger charge is -2.35. The largest absolute Gasteiger partial charge is 0.496 e. The van der Waals surface area contributed by atoms with Gasteiger partial charge in [0.2, 0.25) is 5.91 Å². The van der Waals surface area contributed by atoms with Crippen molar-refractivity contribution in [2.75, 3.05) is 25.7 Å². The minimum absolute atomic E-state index is 0.0685. The Morgan fingerprint density at radius 1 is 1.00 bits per heavy atom. The number of hydrogen-bond acceptors (Lipinski definition) is 7. The minimum Gasteiger partial charge on any atom is -0.496 e. The number of aliphatic hydroxyl groups is 1. The van der Waals surface area contributed by atoms with E-state index in [0.717, 1.165) is 54.7 Å². The van der Waals surface area contributed by atoms with Gasteiger partial charge in [-0.1, -0.05) is 23.5 Å². The first kappa shape index (κ1) is 27.6. The van der Waals surface area contributed by atoms with Crippen molar-refractivity contribution in [1.29, 1.82) is 0 Å². The number of rotatable bonds is 8. The van der Waals surface area contributed by atoms with Gasteiger partial charge >= 0.3 is 0 Å². The normalized spacial score (nSPS) is 23.3. The van der Waals surface area contributed by atoms with Gasteiger partial charge < -0.3 is 14.6 Å². The van der Waals surface area contributed by atoms with E-state index in [1.165, 1.54) is 22.5 Å². The van der Waals surface area contributed by atoms with E-state index in [-0.39, 0.29) is 17.9 Å². The molecule has 5 rings (SSSR count). The van der Waals surface area contributed by atoms with Crippen molar-refractivity contribution in [3.8, 4) is 21.4 Å². The number of aryl methyl sites for hydroxylation is 1. The summed E-state index contributed by atoms with van der Waals surface area (Å²) in [5.41, 5.74) is 3.54. The first-order valence-corrected chi connectivity index (χ1v) is 14.9. The number of methoxy groups -OCH3 is 2. The smallest absolute Gasteiger partial charge is 0.273 e. The molecule has 8 heteroatoms. The lowest BCUT2D eigenvalue weighted by Crippen LogP contribution is -2.42. The number of benzene rings is 1. The molecule has 3 aromatic rings. The number of amides is 1. The SMILES string of the molecule is COc1ncc(-c2ccnc(N(CC3CCC(c4ccc(OC)c(C)c4)CC3)C(=O)C3CCC(O)CC3)c2)s1. The fraction of sp³-hybridized carbons (Fsp3) is 0.516. The molecule has 0 atom stereocenters. The maximum Gasteiger partial charge on any atom is 0.273 e. The monoisotopic (exact) mass is 549 g/mol. The van der Waals surface area contributed by atoms with Gasteiger partial charge in [0.05, 0.1) is 25.2 Å². The summed E-state index contributed by atoms with van der Waals surface area (Å²) in [4.78, 5) is 25.8. The van der Waals surface area contributed by atoms with E-state index in [9.17, 15) is 9.90 Å². The van der Waals surface area contributed by atoms with Gasteiger partial charge in [-0.15, -0.1) is 0 Å². The van der Waals surface area contributed by atoms with Crippen LogP contribution >= 0.6 is 11.3 Å². The van der Waals surface area contributed by atoms with Crippen LogP contribution in [-0.4, -0.2) is 47.8 Å². The van der Waals surface area contributed by atoms with Crippen molar-refractivity contribution < 1.29 is 19.4 Å². The van der Waals surface area contributed by atoms with Gasteiger partial charge in [0.15, 0.2) is 0 Å². The summed E-state index contributed by atoms with van der Waals surface area (Å²) >= 11 is 1.48. The number of hydrogen-bond donors (Lipinski definition) is 1. The summed E-state index contributed by atoms with van der Waals surface area (Å²) in [6, 6.07) is 10.5. The van der Waals surface area contributed by atoms with Gasteiger partial charge in [0, 0.05) is 24.9 Å². The van der Waals surface area contributed by atoms with Crippen molar-refractivity contribution >= 4 is 23.1 Å². The van der Waals surface area contributed by atoms with E-state index in [1.807, 2.05) is 17.0 Å². The van der Waals surface area contributed by atoms with Gasteiger partial charge in [0.1, 0.15) is 11.6 Å². The topological polar surface area (TPSA) is 84.8 Å². The second kappa shape index (κ2) is 12.5. The van der Waals surface area contributed by atoms with Crippen LogP contribution in [0.4, 0.5) is 5.82 Å². The maximum atomic E-state index is 13.9. The van der Waals surface area contributed by atoms with E-state index >= 15 is 0 Å². The lowest BCUT2D eigenvalue weighted by atomic mass is 9.78. The number of ether oxygens (including phenoxy) is 2. The Bertz CT molecular complexity index is 1260. The number of nitrogens with zero attached hydrogens (tertiary/aromatic N) is 3. The second-order valence-corrected chi connectivity index (χ2v) is 12.0. The second-order valence-electron chi connectivity index (χ2n) is 11.0. The molecule has 2 fully saturated rings. The third-order valence-corrected chi connectivity index (χ3v) is 9.46. The molecule has 0 aliphatic heterocycles. The fourth-order valence-corrected chi connectivity index (χ4v) is 6.86. The molecule has 0 unspecified atom stereocenters. The summed E-state index contributed by atoms with van der Waals surface area (Å²) in [6.45, 7) is 2.78. The van der Waals surface area contributed by atoms with Crippen LogP contribution in [0.3, 0.4) is 0 Å². The van der Waals surface area contributed by atoms with E-state index in [1.54, 1.807) is 26.6 Å². The number of pyridine rings is 1. The molecule has 2 heterocycles. The van der Waals surface area contributed by atoms with E-state index in [2.05, 4.69) is 35.1 Å². The van der Waals surface area contributed by atoms with Crippen LogP contribution in [0.1, 0.15) is 68.4 Å². The Hall–Kier alpha value is -2.97. The first-order chi connectivity index (χ1) is 18.9. The van der Waals surface area contributed by atoms with Crippen molar-refractivity contribution in [1.82, 2.24) is 9.97 Å². The average molecular weight is 550 g/mol. The van der Waals surface area contributed by atoms with Gasteiger partial charge in [-0.05, 0) is 105 Å². The molecule has 0 spiro atoms. The Balaban J connectivity index is 1.33. The molecular formula is C31H39N3O4S. The Morgan fingerprint density at radius 3 is 2.44 bits per heavy atom. The highest BCUT2D eigenvalue weighted by molar-refractivity contribution is 7.16. The van der Waals surface area contributed by atoms with Gasteiger partial charge in [0.25, 0.3) is 5.19 Å². The first-order valence-electron chi connectivity index (χ1n) is 14.1. The van der Waals surface area contributed by atoms with Crippen LogP contribution in [0, 0.1) is 18.8 Å². The Labute approximate surface area is 235 Å². The molecule has 39 heavy (non-hydrogen) atoms. The van der Waals surface area contributed by atoms with Crippen molar-refractivity contribution in [3.05, 3.63) is 53.9 Å². The third kappa shape index (κ3) is 6.44. The molecule has 2 saturated carbocycles. The summed E-state index contributed by atoms with van der Waals surface area (Å²) < 4.78 is 10.7. The van der Waals surface area contributed by atoms with E-state index in [0.29, 0.717) is 42.2 Å². The molecule has 0 bridgehead atoms. The predicted octanol–water partition coefficient (Wildman–Crippen LogP) is 6.39. The van der Waals surface area contributed by atoms with Crippen molar-refractivity contribution in [3.63, 3.8) is 0 Å². The molecule has 2 aliphatic carbocycles. The number of anilines is 1. The highest BCUT2D eigenvalue weighted by Crippen LogP contribution is 2.39. The van der Waals surface area contributed by atoms with Gasteiger partial charge in [-0.3, -0.25) is 9.69 Å². The number of aliphatic hydroxyl groups excluding tert-OH is 1. The van der Waals surface area contributed by atoms with Gasteiger partial charge in [-0.2, -0.15) is 0 Å². The van der Waals surface area contributed by atoms with Crippen molar-refractivity contribution in [2.24, 2.45) is 11.8 Å². The van der Waals surface area contributed by atoms with Crippen LogP contribution in [0.5, 0.6) is 10.9 Å². The molecule has 1 N–H and O–H groups in total. The van der Waals surface area contributed by atoms with Crippen LogP contribution in [0.25, 0.3) is 10.4 Å². The summed E-state index contributed by atoms with van der Waals surface area (Å²) in [6.07, 6.45) is 10.5. The number of aromatic nitrogens is 2. The van der Waals surface area contributed by atoms with Crippen molar-refractivity contribution in [2.45, 2.75) is 70.3 Å². The molecule has 208 valence electrons. The van der Waals surface area contributed by atoms with E-state index in [4.69, 9.17) is 9.47 Å². The zero-order valence-corrected chi connectivity index (χ0v) is 24.0. The molecule has 7 nitrogen and oxygen atoms in total. The summed E-state index contributed by atoms with van der Waals surface area (Å²) in [5.74, 6) is 2.67. The number of thiazole rings is 1. The predicted molar refractivity (Wildman–Crippen MR) is 155 cm³/mol. The fourth-order valence-electron chi connectivity index (χ4n) is 6.14. The maximum absolute atomic E-state index is 13.9. The molecule has 1 aromatic carbocycles. The molecule has 2 aliphatic rings. The third-order valence-electron chi connectivity index (χ3n) is 8.46. The lowest BCUT2D eigenvalue weighted by molar-refractivity contribution is -0.124. The highest BCUT2D eigenvalue weighted by atomic mass is 32.1. The quantitative estimate of drug-likeness (QED) is 0.351. The molecule has 0 radical (unpaired) electrons. The number of carbonyl (C=O) groups is 1. The Morgan fingerprint density at radius 2 is 1.77 bits per heavy atom. The molecule has 2 aromatic heterocycles. The zero-order chi connectivity index (χ0) is 27.4. The van der Waals surface area contributed by atoms with Crippen LogP contribution in [-0.2, 0) is 4.79 Å². The minimum atomic E-state index is -0.290. The van der Waals surface area contributed by atoms with Crippen LogP contribution in [0.2, 0.25) is 0 Å².